The molecule has 2 aromatic rings. The second-order valence-corrected chi connectivity index (χ2v) is 4.49. The van der Waals surface area contributed by atoms with Crippen LogP contribution in [0.2, 0.25) is 0 Å². The van der Waals surface area contributed by atoms with Crippen LogP contribution in [0.25, 0.3) is 0 Å². The highest BCUT2D eigenvalue weighted by atomic mass is 19.4. The van der Waals surface area contributed by atoms with E-state index in [9.17, 15) is 18.0 Å². The lowest BCUT2D eigenvalue weighted by Crippen LogP contribution is -2.46. The first-order valence-corrected chi connectivity index (χ1v) is 6.26. The van der Waals surface area contributed by atoms with E-state index in [1.807, 2.05) is 0 Å². The fraction of sp³-hybridized carbons (Fsp3) is 0.188. The van der Waals surface area contributed by atoms with Crippen molar-refractivity contribution in [3.63, 3.8) is 0 Å². The molecule has 5 heteroatoms. The molecule has 2 nitrogen and oxygen atoms in total. The van der Waals surface area contributed by atoms with Crippen molar-refractivity contribution in [3.05, 3.63) is 71.8 Å². The summed E-state index contributed by atoms with van der Waals surface area (Å²) in [5, 5.41) is 0. The lowest BCUT2D eigenvalue weighted by atomic mass is 9.94. The highest BCUT2D eigenvalue weighted by Gasteiger charge is 2.57. The van der Waals surface area contributed by atoms with Crippen molar-refractivity contribution in [1.82, 2.24) is 0 Å². The van der Waals surface area contributed by atoms with E-state index in [1.165, 1.54) is 24.3 Å². The van der Waals surface area contributed by atoms with Gasteiger partial charge in [-0.3, -0.25) is 4.79 Å². The van der Waals surface area contributed by atoms with Crippen molar-refractivity contribution in [3.8, 4) is 0 Å². The van der Waals surface area contributed by atoms with Crippen LogP contribution in [0.15, 0.2) is 60.7 Å². The maximum atomic E-state index is 13.4. The SMILES string of the molecule is O=CC(OCc1ccccc1)(c1ccccc1)C(F)(F)F. The molecule has 2 rings (SSSR count). The number of carbonyl (C=O) groups is 1. The summed E-state index contributed by atoms with van der Waals surface area (Å²) in [5.74, 6) is 0. The molecule has 0 aliphatic heterocycles. The van der Waals surface area contributed by atoms with Gasteiger partial charge in [0.05, 0.1) is 6.61 Å². The molecule has 0 saturated carbocycles. The van der Waals surface area contributed by atoms with Crippen molar-refractivity contribution >= 4 is 6.29 Å². The Balaban J connectivity index is 2.35. The molecule has 0 saturated heterocycles. The van der Waals surface area contributed by atoms with E-state index >= 15 is 0 Å². The van der Waals surface area contributed by atoms with E-state index in [4.69, 9.17) is 4.74 Å². The summed E-state index contributed by atoms with van der Waals surface area (Å²) in [6.07, 6.45) is -5.03. The monoisotopic (exact) mass is 294 g/mol. The number of rotatable bonds is 5. The van der Waals surface area contributed by atoms with Gasteiger partial charge >= 0.3 is 6.18 Å². The molecule has 0 bridgehead atoms. The Morgan fingerprint density at radius 3 is 1.90 bits per heavy atom. The van der Waals surface area contributed by atoms with Gasteiger partial charge in [0.1, 0.15) is 0 Å². The predicted octanol–water partition coefficient (Wildman–Crippen LogP) is 3.86. The van der Waals surface area contributed by atoms with E-state index in [0.717, 1.165) is 0 Å². The third-order valence-electron chi connectivity index (χ3n) is 3.10. The summed E-state index contributed by atoms with van der Waals surface area (Å²) in [5.41, 5.74) is -2.63. The summed E-state index contributed by atoms with van der Waals surface area (Å²) in [6.45, 7) is -0.312. The lowest BCUT2D eigenvalue weighted by Gasteiger charge is -2.31. The van der Waals surface area contributed by atoms with Crippen LogP contribution < -0.4 is 0 Å². The number of hydrogen-bond acceptors (Lipinski definition) is 2. The van der Waals surface area contributed by atoms with Gasteiger partial charge in [-0.1, -0.05) is 60.7 Å². The minimum Gasteiger partial charge on any atom is -0.350 e. The average Bonchev–Trinajstić information content (AvgIpc) is 2.49. The number of alkyl halides is 3. The highest BCUT2D eigenvalue weighted by molar-refractivity contribution is 5.67. The van der Waals surface area contributed by atoms with Crippen molar-refractivity contribution < 1.29 is 22.7 Å². The van der Waals surface area contributed by atoms with Gasteiger partial charge in [-0.2, -0.15) is 13.2 Å². The second kappa shape index (κ2) is 6.10. The normalized spacial score (nSPS) is 14.4. The van der Waals surface area contributed by atoms with Gasteiger partial charge < -0.3 is 4.74 Å². The van der Waals surface area contributed by atoms with Crippen LogP contribution in [0, 0.1) is 0 Å². The van der Waals surface area contributed by atoms with Gasteiger partial charge in [0.2, 0.25) is 5.60 Å². The largest absolute Gasteiger partial charge is 0.428 e. The molecule has 0 aliphatic carbocycles. The van der Waals surface area contributed by atoms with Gasteiger partial charge in [-0.25, -0.2) is 0 Å². The Kier molecular flexibility index (Phi) is 4.43. The van der Waals surface area contributed by atoms with E-state index in [2.05, 4.69) is 0 Å². The van der Waals surface area contributed by atoms with E-state index in [-0.39, 0.29) is 18.5 Å². The third-order valence-corrected chi connectivity index (χ3v) is 3.10. The van der Waals surface area contributed by atoms with E-state index in [0.29, 0.717) is 5.56 Å². The molecule has 0 spiro atoms. The van der Waals surface area contributed by atoms with Crippen LogP contribution in [-0.4, -0.2) is 12.5 Å². The summed E-state index contributed by atoms with van der Waals surface area (Å²) in [7, 11) is 0. The lowest BCUT2D eigenvalue weighted by molar-refractivity contribution is -0.270. The van der Waals surface area contributed by atoms with Crippen molar-refractivity contribution in [2.75, 3.05) is 0 Å². The molecule has 2 aromatic carbocycles. The molecule has 0 fully saturated rings. The third kappa shape index (κ3) is 3.13. The van der Waals surface area contributed by atoms with Crippen LogP contribution in [-0.2, 0) is 21.7 Å². The Labute approximate surface area is 120 Å². The molecular weight excluding hydrogens is 281 g/mol. The maximum absolute atomic E-state index is 13.4. The number of halogens is 3. The topological polar surface area (TPSA) is 26.3 Å². The van der Waals surface area contributed by atoms with Crippen LogP contribution in [0.3, 0.4) is 0 Å². The molecule has 0 aromatic heterocycles. The van der Waals surface area contributed by atoms with E-state index in [1.54, 1.807) is 36.4 Å². The quantitative estimate of drug-likeness (QED) is 0.783. The first kappa shape index (κ1) is 15.3. The second-order valence-electron chi connectivity index (χ2n) is 4.49. The molecule has 1 atom stereocenters. The van der Waals surface area contributed by atoms with Gasteiger partial charge in [-0.15, -0.1) is 0 Å². The molecule has 0 radical (unpaired) electrons. The van der Waals surface area contributed by atoms with Gasteiger partial charge in [0, 0.05) is 5.56 Å². The first-order valence-electron chi connectivity index (χ1n) is 6.26. The number of ether oxygens (including phenoxy) is 1. The van der Waals surface area contributed by atoms with Crippen LogP contribution in [0.4, 0.5) is 13.2 Å². The summed E-state index contributed by atoms with van der Waals surface area (Å²) < 4.78 is 45.2. The molecule has 0 amide bonds. The molecule has 21 heavy (non-hydrogen) atoms. The maximum Gasteiger partial charge on any atom is 0.428 e. The zero-order valence-corrected chi connectivity index (χ0v) is 11.0. The van der Waals surface area contributed by atoms with Crippen LogP contribution >= 0.6 is 0 Å². The fourth-order valence-electron chi connectivity index (χ4n) is 1.95. The molecular formula is C16H13F3O2. The Morgan fingerprint density at radius 1 is 0.905 bits per heavy atom. The van der Waals surface area contributed by atoms with Crippen molar-refractivity contribution in [2.24, 2.45) is 0 Å². The highest BCUT2D eigenvalue weighted by Crippen LogP contribution is 2.41. The Hall–Kier alpha value is -2.14. The van der Waals surface area contributed by atoms with E-state index < -0.39 is 11.8 Å². The van der Waals surface area contributed by atoms with Crippen molar-refractivity contribution in [1.29, 1.82) is 0 Å². The Bertz CT molecular complexity index is 581. The summed E-state index contributed by atoms with van der Waals surface area (Å²) in [4.78, 5) is 11.3. The first-order chi connectivity index (χ1) is 9.99. The number of aldehydes is 1. The average molecular weight is 294 g/mol. The van der Waals surface area contributed by atoms with Gasteiger partial charge in [0.25, 0.3) is 0 Å². The number of benzene rings is 2. The zero-order valence-electron chi connectivity index (χ0n) is 11.0. The van der Waals surface area contributed by atoms with Crippen LogP contribution in [0.1, 0.15) is 11.1 Å². The van der Waals surface area contributed by atoms with Crippen LogP contribution in [0.5, 0.6) is 0 Å². The molecule has 1 unspecified atom stereocenters. The molecule has 110 valence electrons. The smallest absolute Gasteiger partial charge is 0.350 e. The Morgan fingerprint density at radius 2 is 1.43 bits per heavy atom. The van der Waals surface area contributed by atoms with Gasteiger partial charge in [0.15, 0.2) is 6.29 Å². The minimum absolute atomic E-state index is 0.189. The summed E-state index contributed by atoms with van der Waals surface area (Å²) in [6, 6.07) is 15.3. The number of carbonyl (C=O) groups excluding carboxylic acids is 1. The molecule has 0 N–H and O–H groups in total. The predicted molar refractivity (Wildman–Crippen MR) is 71.5 cm³/mol. The van der Waals surface area contributed by atoms with Crippen molar-refractivity contribution in [2.45, 2.75) is 18.4 Å². The fourth-order valence-corrected chi connectivity index (χ4v) is 1.95. The molecule has 0 heterocycles. The standard InChI is InChI=1S/C16H13F3O2/c17-16(18,19)15(12-20,14-9-5-2-6-10-14)21-11-13-7-3-1-4-8-13/h1-10,12H,11H2. The zero-order chi connectivity index (χ0) is 15.3. The van der Waals surface area contributed by atoms with Gasteiger partial charge in [-0.05, 0) is 5.56 Å². The number of hydrogen-bond donors (Lipinski definition) is 0. The summed E-state index contributed by atoms with van der Waals surface area (Å²) >= 11 is 0. The minimum atomic E-state index is -4.84. The molecule has 0 aliphatic rings.